The highest BCUT2D eigenvalue weighted by Gasteiger charge is 2.27. The summed E-state index contributed by atoms with van der Waals surface area (Å²) in [5.41, 5.74) is 1.41. The molecular weight excluding hydrogens is 308 g/mol. The fourth-order valence-electron chi connectivity index (χ4n) is 4.39. The van der Waals surface area contributed by atoms with E-state index in [1.807, 2.05) is 0 Å². The highest BCUT2D eigenvalue weighted by molar-refractivity contribution is 5.79. The Bertz CT molecular complexity index is 514. The molecule has 1 N–H and O–H groups in total. The maximum Gasteiger partial charge on any atom is 0.223 e. The van der Waals surface area contributed by atoms with Crippen LogP contribution in [-0.4, -0.2) is 36.5 Å². The molecule has 1 aliphatic carbocycles. The molecule has 1 aliphatic heterocycles. The van der Waals surface area contributed by atoms with Crippen molar-refractivity contribution in [3.05, 3.63) is 35.9 Å². The fraction of sp³-hybridized carbons (Fsp3) is 0.682. The molecule has 1 saturated heterocycles. The van der Waals surface area contributed by atoms with Gasteiger partial charge >= 0.3 is 0 Å². The Morgan fingerprint density at radius 1 is 1.04 bits per heavy atom. The summed E-state index contributed by atoms with van der Waals surface area (Å²) in [5.74, 6) is 1.10. The van der Waals surface area contributed by atoms with Crippen LogP contribution in [0.4, 0.5) is 0 Å². The monoisotopic (exact) mass is 342 g/mol. The van der Waals surface area contributed by atoms with Gasteiger partial charge in [-0.3, -0.25) is 4.79 Å². The third-order valence-electron chi connectivity index (χ3n) is 6.06. The van der Waals surface area contributed by atoms with E-state index in [9.17, 15) is 4.79 Å². The Balaban J connectivity index is 1.41. The second-order valence-electron chi connectivity index (χ2n) is 8.08. The largest absolute Gasteiger partial charge is 0.353 e. The minimum absolute atomic E-state index is 0.228. The molecule has 2 aliphatic rings. The second-order valence-corrected chi connectivity index (χ2v) is 8.08. The third-order valence-corrected chi connectivity index (χ3v) is 6.06. The van der Waals surface area contributed by atoms with Crippen LogP contribution in [0.15, 0.2) is 30.3 Å². The van der Waals surface area contributed by atoms with Crippen LogP contribution in [0.5, 0.6) is 0 Å². The summed E-state index contributed by atoms with van der Waals surface area (Å²) in [5, 5.41) is 3.35. The van der Waals surface area contributed by atoms with Gasteiger partial charge in [-0.1, -0.05) is 62.9 Å². The average Bonchev–Trinajstić information content (AvgIpc) is 2.91. The summed E-state index contributed by atoms with van der Waals surface area (Å²) in [4.78, 5) is 15.1. The lowest BCUT2D eigenvalue weighted by atomic mass is 9.93. The Morgan fingerprint density at radius 2 is 1.68 bits per heavy atom. The highest BCUT2D eigenvalue weighted by Crippen LogP contribution is 2.23. The van der Waals surface area contributed by atoms with E-state index in [4.69, 9.17) is 0 Å². The van der Waals surface area contributed by atoms with E-state index in [2.05, 4.69) is 47.5 Å². The van der Waals surface area contributed by atoms with Crippen LogP contribution in [-0.2, 0) is 4.79 Å². The molecule has 3 heteroatoms. The molecule has 0 spiro atoms. The second kappa shape index (κ2) is 9.38. The van der Waals surface area contributed by atoms with Gasteiger partial charge in [0, 0.05) is 18.5 Å². The molecule has 1 saturated carbocycles. The molecule has 3 rings (SSSR count). The minimum atomic E-state index is 0.228. The SMILES string of the molecule is C[C@H](CN1CCC(C(=O)NC2CCCCCC2)CC1)c1ccccc1. The van der Waals surface area contributed by atoms with Crippen molar-refractivity contribution in [1.82, 2.24) is 10.2 Å². The molecule has 1 amide bonds. The number of nitrogens with one attached hydrogen (secondary N) is 1. The van der Waals surface area contributed by atoms with Gasteiger partial charge in [0.05, 0.1) is 0 Å². The fourth-order valence-corrected chi connectivity index (χ4v) is 4.39. The van der Waals surface area contributed by atoms with Gasteiger partial charge in [-0.15, -0.1) is 0 Å². The van der Waals surface area contributed by atoms with E-state index in [-0.39, 0.29) is 5.92 Å². The molecule has 0 unspecified atom stereocenters. The lowest BCUT2D eigenvalue weighted by Crippen LogP contribution is -2.44. The number of nitrogens with zero attached hydrogens (tertiary/aromatic N) is 1. The molecule has 1 aromatic carbocycles. The van der Waals surface area contributed by atoms with Crippen molar-refractivity contribution in [2.24, 2.45) is 5.92 Å². The van der Waals surface area contributed by atoms with E-state index < -0.39 is 0 Å². The first-order chi connectivity index (χ1) is 12.2. The maximum atomic E-state index is 12.6. The molecular formula is C22H34N2O. The van der Waals surface area contributed by atoms with Gasteiger partial charge < -0.3 is 10.2 Å². The first kappa shape index (κ1) is 18.4. The van der Waals surface area contributed by atoms with Gasteiger partial charge in [0.2, 0.25) is 5.91 Å². The molecule has 0 radical (unpaired) electrons. The van der Waals surface area contributed by atoms with Crippen LogP contribution in [0.3, 0.4) is 0 Å². The normalized spacial score (nSPS) is 22.3. The summed E-state index contributed by atoms with van der Waals surface area (Å²) < 4.78 is 0. The first-order valence-electron chi connectivity index (χ1n) is 10.3. The van der Waals surface area contributed by atoms with Gasteiger partial charge in [0.25, 0.3) is 0 Å². The number of likely N-dealkylation sites (tertiary alicyclic amines) is 1. The van der Waals surface area contributed by atoms with Crippen molar-refractivity contribution in [3.63, 3.8) is 0 Å². The summed E-state index contributed by atoms with van der Waals surface area (Å²) in [6.07, 6.45) is 9.62. The smallest absolute Gasteiger partial charge is 0.223 e. The Morgan fingerprint density at radius 3 is 2.32 bits per heavy atom. The Hall–Kier alpha value is -1.35. The summed E-state index contributed by atoms with van der Waals surface area (Å²) in [6, 6.07) is 11.2. The summed E-state index contributed by atoms with van der Waals surface area (Å²) in [6.45, 7) is 5.51. The number of amides is 1. The van der Waals surface area contributed by atoms with Crippen LogP contribution in [0.2, 0.25) is 0 Å². The molecule has 1 atom stereocenters. The zero-order chi connectivity index (χ0) is 17.5. The van der Waals surface area contributed by atoms with Gasteiger partial charge in [-0.25, -0.2) is 0 Å². The molecule has 0 aromatic heterocycles. The van der Waals surface area contributed by atoms with Crippen molar-refractivity contribution in [2.75, 3.05) is 19.6 Å². The van der Waals surface area contributed by atoms with Crippen molar-refractivity contribution in [3.8, 4) is 0 Å². The van der Waals surface area contributed by atoms with Gasteiger partial charge in [0.15, 0.2) is 0 Å². The predicted molar refractivity (Wildman–Crippen MR) is 104 cm³/mol. The van der Waals surface area contributed by atoms with Gasteiger partial charge in [-0.05, 0) is 50.3 Å². The van der Waals surface area contributed by atoms with Crippen LogP contribution >= 0.6 is 0 Å². The number of rotatable bonds is 5. The number of hydrogen-bond acceptors (Lipinski definition) is 2. The third kappa shape index (κ3) is 5.57. The standard InChI is InChI=1S/C22H34N2O/c1-18(19-9-5-4-6-10-19)17-24-15-13-20(14-16-24)22(25)23-21-11-7-2-3-8-12-21/h4-6,9-10,18,20-21H,2-3,7-8,11-17H2,1H3,(H,23,25)/t18-/m1/s1. The van der Waals surface area contributed by atoms with Crippen molar-refractivity contribution >= 4 is 5.91 Å². The van der Waals surface area contributed by atoms with E-state index in [1.54, 1.807) is 0 Å². The quantitative estimate of drug-likeness (QED) is 0.807. The number of benzene rings is 1. The zero-order valence-electron chi connectivity index (χ0n) is 15.8. The van der Waals surface area contributed by atoms with Crippen molar-refractivity contribution < 1.29 is 4.79 Å². The zero-order valence-corrected chi connectivity index (χ0v) is 15.8. The predicted octanol–water partition coefficient (Wildman–Crippen LogP) is 4.34. The van der Waals surface area contributed by atoms with Crippen LogP contribution in [0, 0.1) is 5.92 Å². The summed E-state index contributed by atoms with van der Waals surface area (Å²) >= 11 is 0. The Labute approximate surface area is 153 Å². The van der Waals surface area contributed by atoms with Crippen molar-refractivity contribution in [2.45, 2.75) is 70.3 Å². The molecule has 1 aromatic rings. The molecule has 1 heterocycles. The molecule has 25 heavy (non-hydrogen) atoms. The van der Waals surface area contributed by atoms with Gasteiger partial charge in [0.1, 0.15) is 0 Å². The lowest BCUT2D eigenvalue weighted by Gasteiger charge is -2.33. The minimum Gasteiger partial charge on any atom is -0.353 e. The number of hydrogen-bond donors (Lipinski definition) is 1. The van der Waals surface area contributed by atoms with E-state index >= 15 is 0 Å². The maximum absolute atomic E-state index is 12.6. The number of carbonyl (C=O) groups is 1. The van der Waals surface area contributed by atoms with Crippen LogP contribution < -0.4 is 5.32 Å². The first-order valence-corrected chi connectivity index (χ1v) is 10.3. The number of piperidine rings is 1. The van der Waals surface area contributed by atoms with E-state index in [0.29, 0.717) is 17.9 Å². The average molecular weight is 343 g/mol. The Kier molecular flexibility index (Phi) is 6.92. The topological polar surface area (TPSA) is 32.3 Å². The van der Waals surface area contributed by atoms with Crippen LogP contribution in [0.25, 0.3) is 0 Å². The highest BCUT2D eigenvalue weighted by atomic mass is 16.1. The molecule has 138 valence electrons. The number of carbonyl (C=O) groups excluding carboxylic acids is 1. The van der Waals surface area contributed by atoms with Crippen LogP contribution in [0.1, 0.15) is 69.8 Å². The van der Waals surface area contributed by atoms with E-state index in [0.717, 1.165) is 32.5 Å². The molecule has 2 fully saturated rings. The molecule has 3 nitrogen and oxygen atoms in total. The lowest BCUT2D eigenvalue weighted by molar-refractivity contribution is -0.127. The van der Waals surface area contributed by atoms with E-state index in [1.165, 1.54) is 44.1 Å². The summed E-state index contributed by atoms with van der Waals surface area (Å²) in [7, 11) is 0. The molecule has 0 bridgehead atoms. The van der Waals surface area contributed by atoms with Crippen molar-refractivity contribution in [1.29, 1.82) is 0 Å². The van der Waals surface area contributed by atoms with Gasteiger partial charge in [-0.2, -0.15) is 0 Å².